The first-order valence-corrected chi connectivity index (χ1v) is 17.6. The summed E-state index contributed by atoms with van der Waals surface area (Å²) >= 11 is 0. The van der Waals surface area contributed by atoms with E-state index < -0.39 is 0 Å². The standard InChI is InChI=1S/C20H42N4O3.C14H26O4/c1-5-10-23(11-8-20(25)26-4)17-19(27-7-3)18-24-15-13-22(14-16-24)12-9-21-6-2;1-3-4-5-6-7-10-14(16)18-12-9-8-11-17-13(2)15/h19,21H,5-18H2,1-4H3;3-12H2,1-2H3. The minimum Gasteiger partial charge on any atom is -0.469 e. The number of carbonyl (C=O) groups excluding carboxylic acids is 3. The predicted octanol–water partition coefficient (Wildman–Crippen LogP) is 4.13. The molecule has 0 saturated carbocycles. The van der Waals surface area contributed by atoms with E-state index in [-0.39, 0.29) is 24.0 Å². The van der Waals surface area contributed by atoms with Gasteiger partial charge in [-0.25, -0.2) is 0 Å². The summed E-state index contributed by atoms with van der Waals surface area (Å²) in [6.07, 6.45) is 9.40. The quantitative estimate of drug-likeness (QED) is 0.0834. The maximum absolute atomic E-state index is 11.5. The van der Waals surface area contributed by atoms with Crippen molar-refractivity contribution in [1.29, 1.82) is 0 Å². The van der Waals surface area contributed by atoms with Crippen LogP contribution in [0.1, 0.15) is 98.8 Å². The number of hydrogen-bond acceptors (Lipinski definition) is 11. The molecule has 266 valence electrons. The number of piperazine rings is 1. The van der Waals surface area contributed by atoms with Crippen LogP contribution in [0.4, 0.5) is 0 Å². The lowest BCUT2D eigenvalue weighted by molar-refractivity contribution is -0.145. The van der Waals surface area contributed by atoms with Crippen LogP contribution in [0, 0.1) is 0 Å². The Morgan fingerprint density at radius 2 is 1.44 bits per heavy atom. The molecule has 0 radical (unpaired) electrons. The van der Waals surface area contributed by atoms with E-state index in [2.05, 4.69) is 47.7 Å². The number of likely N-dealkylation sites (N-methyl/N-ethyl adjacent to an activating group) is 1. The number of methoxy groups -OCH3 is 1. The number of rotatable bonds is 26. The number of esters is 3. The van der Waals surface area contributed by atoms with Crippen molar-refractivity contribution in [3.05, 3.63) is 0 Å². The molecular weight excluding hydrogens is 576 g/mol. The fourth-order valence-electron chi connectivity index (χ4n) is 5.10. The SMILES string of the molecule is CCCCCCCC(=O)OCCCCOC(C)=O.CCCN(CCC(=O)OC)CC(CN1CCN(CCNCC)CC1)OCC. The molecule has 0 aromatic rings. The second-order valence-electron chi connectivity index (χ2n) is 11.6. The van der Waals surface area contributed by atoms with E-state index in [1.807, 2.05) is 0 Å². The van der Waals surface area contributed by atoms with Crippen LogP contribution in [0.5, 0.6) is 0 Å². The molecule has 1 heterocycles. The van der Waals surface area contributed by atoms with Gasteiger partial charge in [-0.15, -0.1) is 0 Å². The molecule has 0 spiro atoms. The number of ether oxygens (including phenoxy) is 4. The van der Waals surface area contributed by atoms with E-state index in [0.717, 1.165) is 111 Å². The minimum absolute atomic E-state index is 0.112. The first-order chi connectivity index (χ1) is 21.8. The zero-order valence-corrected chi connectivity index (χ0v) is 29.7. The van der Waals surface area contributed by atoms with Gasteiger partial charge in [0.15, 0.2) is 0 Å². The Morgan fingerprint density at radius 1 is 0.778 bits per heavy atom. The second kappa shape index (κ2) is 30.8. The highest BCUT2D eigenvalue weighted by molar-refractivity contribution is 5.69. The van der Waals surface area contributed by atoms with Gasteiger partial charge in [0.2, 0.25) is 0 Å². The maximum atomic E-state index is 11.5. The van der Waals surface area contributed by atoms with Gasteiger partial charge in [0.1, 0.15) is 0 Å². The lowest BCUT2D eigenvalue weighted by Gasteiger charge is -2.37. The Labute approximate surface area is 275 Å². The molecule has 45 heavy (non-hydrogen) atoms. The Balaban J connectivity index is 0.000000937. The summed E-state index contributed by atoms with van der Waals surface area (Å²) < 4.78 is 20.7. The number of hydrogen-bond donors (Lipinski definition) is 1. The Kier molecular flexibility index (Phi) is 29.6. The highest BCUT2D eigenvalue weighted by Gasteiger charge is 2.22. The summed E-state index contributed by atoms with van der Waals surface area (Å²) in [5, 5.41) is 3.40. The van der Waals surface area contributed by atoms with Crippen LogP contribution >= 0.6 is 0 Å². The summed E-state index contributed by atoms with van der Waals surface area (Å²) in [6, 6.07) is 0. The third-order valence-electron chi connectivity index (χ3n) is 7.64. The summed E-state index contributed by atoms with van der Waals surface area (Å²) in [7, 11) is 1.45. The molecule has 1 atom stereocenters. The van der Waals surface area contributed by atoms with Gasteiger partial charge in [0.25, 0.3) is 0 Å². The Morgan fingerprint density at radius 3 is 2.04 bits per heavy atom. The summed E-state index contributed by atoms with van der Waals surface area (Å²) in [5.74, 6) is -0.518. The molecule has 1 saturated heterocycles. The number of nitrogens with one attached hydrogen (secondary N) is 1. The van der Waals surface area contributed by atoms with Crippen LogP contribution in [-0.2, 0) is 33.3 Å². The fourth-order valence-corrected chi connectivity index (χ4v) is 5.10. The van der Waals surface area contributed by atoms with Crippen molar-refractivity contribution in [2.75, 3.05) is 98.9 Å². The van der Waals surface area contributed by atoms with Gasteiger partial charge in [-0.1, -0.05) is 46.5 Å². The molecule has 0 aromatic heterocycles. The Hall–Kier alpha value is -1.79. The third-order valence-corrected chi connectivity index (χ3v) is 7.64. The van der Waals surface area contributed by atoms with Crippen molar-refractivity contribution >= 4 is 17.9 Å². The van der Waals surface area contributed by atoms with Crippen molar-refractivity contribution in [1.82, 2.24) is 20.0 Å². The Bertz CT molecular complexity index is 721. The smallest absolute Gasteiger partial charge is 0.306 e. The average Bonchev–Trinajstić information content (AvgIpc) is 3.02. The fraction of sp³-hybridized carbons (Fsp3) is 0.912. The normalized spacial score (nSPS) is 14.5. The van der Waals surface area contributed by atoms with Crippen LogP contribution in [0.3, 0.4) is 0 Å². The van der Waals surface area contributed by atoms with Crippen LogP contribution < -0.4 is 5.32 Å². The zero-order valence-electron chi connectivity index (χ0n) is 29.7. The number of unbranched alkanes of at least 4 members (excludes halogenated alkanes) is 5. The lowest BCUT2D eigenvalue weighted by atomic mass is 10.1. The van der Waals surface area contributed by atoms with Crippen molar-refractivity contribution in [3.63, 3.8) is 0 Å². The van der Waals surface area contributed by atoms with Crippen LogP contribution in [0.15, 0.2) is 0 Å². The van der Waals surface area contributed by atoms with Crippen LogP contribution in [0.2, 0.25) is 0 Å². The van der Waals surface area contributed by atoms with E-state index >= 15 is 0 Å². The molecule has 1 aliphatic rings. The van der Waals surface area contributed by atoms with Gasteiger partial charge in [-0.05, 0) is 45.7 Å². The summed E-state index contributed by atoms with van der Waals surface area (Å²) in [5.41, 5.74) is 0. The molecule has 1 fully saturated rings. The molecular formula is C34H68N4O7. The molecule has 1 aliphatic heterocycles. The summed E-state index contributed by atoms with van der Waals surface area (Å²) in [4.78, 5) is 40.7. The predicted molar refractivity (Wildman–Crippen MR) is 180 cm³/mol. The molecule has 0 bridgehead atoms. The summed E-state index contributed by atoms with van der Waals surface area (Å²) in [6.45, 7) is 22.8. The average molecular weight is 645 g/mol. The molecule has 0 aromatic carbocycles. The van der Waals surface area contributed by atoms with E-state index in [1.54, 1.807) is 0 Å². The van der Waals surface area contributed by atoms with Crippen LogP contribution in [0.25, 0.3) is 0 Å². The van der Waals surface area contributed by atoms with Gasteiger partial charge in [0.05, 0.1) is 32.8 Å². The second-order valence-corrected chi connectivity index (χ2v) is 11.6. The van der Waals surface area contributed by atoms with E-state index in [0.29, 0.717) is 26.1 Å². The van der Waals surface area contributed by atoms with E-state index in [1.165, 1.54) is 33.3 Å². The molecule has 0 amide bonds. The van der Waals surface area contributed by atoms with Gasteiger partial charge in [0, 0.05) is 78.9 Å². The number of nitrogens with zero attached hydrogens (tertiary/aromatic N) is 3. The molecule has 1 N–H and O–H groups in total. The van der Waals surface area contributed by atoms with Crippen molar-refractivity contribution in [2.45, 2.75) is 105 Å². The van der Waals surface area contributed by atoms with Crippen molar-refractivity contribution in [2.24, 2.45) is 0 Å². The van der Waals surface area contributed by atoms with Gasteiger partial charge < -0.3 is 29.2 Å². The molecule has 0 aliphatic carbocycles. The van der Waals surface area contributed by atoms with Gasteiger partial charge in [-0.2, -0.15) is 0 Å². The maximum Gasteiger partial charge on any atom is 0.306 e. The van der Waals surface area contributed by atoms with Gasteiger partial charge >= 0.3 is 17.9 Å². The lowest BCUT2D eigenvalue weighted by Crippen LogP contribution is -2.51. The van der Waals surface area contributed by atoms with E-state index in [9.17, 15) is 14.4 Å². The first kappa shape index (κ1) is 43.2. The van der Waals surface area contributed by atoms with Crippen molar-refractivity contribution < 1.29 is 33.3 Å². The molecule has 1 unspecified atom stereocenters. The van der Waals surface area contributed by atoms with Crippen LogP contribution in [-0.4, -0.2) is 138 Å². The van der Waals surface area contributed by atoms with E-state index in [4.69, 9.17) is 18.9 Å². The molecule has 11 heteroatoms. The molecule has 11 nitrogen and oxygen atoms in total. The number of carbonyl (C=O) groups is 3. The highest BCUT2D eigenvalue weighted by atomic mass is 16.5. The van der Waals surface area contributed by atoms with Crippen molar-refractivity contribution in [3.8, 4) is 0 Å². The minimum atomic E-state index is -0.265. The highest BCUT2D eigenvalue weighted by Crippen LogP contribution is 2.08. The third kappa shape index (κ3) is 27.1. The zero-order chi connectivity index (χ0) is 33.5. The largest absolute Gasteiger partial charge is 0.469 e. The first-order valence-electron chi connectivity index (χ1n) is 17.6. The molecule has 1 rings (SSSR count). The monoisotopic (exact) mass is 645 g/mol. The van der Waals surface area contributed by atoms with Gasteiger partial charge in [-0.3, -0.25) is 24.2 Å². The topological polar surface area (TPSA) is 110 Å².